The minimum Gasteiger partial charge on any atom is -0.309 e. The predicted molar refractivity (Wildman–Crippen MR) is 77.4 cm³/mol. The first-order valence-electron chi connectivity index (χ1n) is 6.17. The molecule has 0 spiro atoms. The van der Waals surface area contributed by atoms with Crippen molar-refractivity contribution in [2.24, 2.45) is 0 Å². The maximum absolute atomic E-state index is 11.4. The molecule has 0 bridgehead atoms. The Bertz CT molecular complexity index is 429. The van der Waals surface area contributed by atoms with E-state index in [0.717, 1.165) is 13.0 Å². The molecule has 4 nitrogen and oxygen atoms in total. The van der Waals surface area contributed by atoms with Crippen molar-refractivity contribution in [2.45, 2.75) is 26.3 Å². The second kappa shape index (κ2) is 7.23. The van der Waals surface area contributed by atoms with E-state index in [9.17, 15) is 8.42 Å². The smallest absolute Gasteiger partial charge is 0.211 e. The van der Waals surface area contributed by atoms with Crippen molar-refractivity contribution < 1.29 is 8.42 Å². The number of nitrogens with zero attached hydrogens (tertiary/aromatic N) is 1. The van der Waals surface area contributed by atoms with Crippen LogP contribution in [0.1, 0.15) is 31.2 Å². The van der Waals surface area contributed by atoms with Crippen LogP contribution in [0.3, 0.4) is 0 Å². The van der Waals surface area contributed by atoms with Crippen molar-refractivity contribution in [1.29, 1.82) is 0 Å². The van der Waals surface area contributed by atoms with Gasteiger partial charge in [-0.25, -0.2) is 12.7 Å². The number of thiophene rings is 1. The average molecular weight is 290 g/mol. The van der Waals surface area contributed by atoms with Gasteiger partial charge in [0.1, 0.15) is 0 Å². The Kier molecular flexibility index (Phi) is 6.28. The molecule has 0 radical (unpaired) electrons. The number of nitrogens with one attached hydrogen (secondary N) is 1. The minimum atomic E-state index is -3.05. The summed E-state index contributed by atoms with van der Waals surface area (Å²) in [7, 11) is -3.05. The molecule has 0 aromatic carbocycles. The highest BCUT2D eigenvalue weighted by atomic mass is 32.2. The third-order valence-corrected chi connectivity index (χ3v) is 5.26. The van der Waals surface area contributed by atoms with Gasteiger partial charge >= 0.3 is 0 Å². The lowest BCUT2D eigenvalue weighted by Gasteiger charge is -2.18. The summed E-state index contributed by atoms with van der Waals surface area (Å²) >= 11 is 1.74. The van der Waals surface area contributed by atoms with Crippen LogP contribution in [0.25, 0.3) is 0 Å². The van der Waals surface area contributed by atoms with Crippen LogP contribution in [-0.2, 0) is 10.0 Å². The largest absolute Gasteiger partial charge is 0.309 e. The monoisotopic (exact) mass is 290 g/mol. The third kappa shape index (κ3) is 5.06. The van der Waals surface area contributed by atoms with Gasteiger partial charge < -0.3 is 5.32 Å². The lowest BCUT2D eigenvalue weighted by molar-refractivity contribution is 0.414. The Morgan fingerprint density at radius 2 is 2.22 bits per heavy atom. The van der Waals surface area contributed by atoms with E-state index in [2.05, 4.69) is 23.7 Å². The molecule has 1 N–H and O–H groups in total. The number of sulfonamides is 1. The summed E-state index contributed by atoms with van der Waals surface area (Å²) in [4.78, 5) is 1.31. The van der Waals surface area contributed by atoms with Crippen LogP contribution in [0.4, 0.5) is 0 Å². The molecule has 0 saturated carbocycles. The standard InChI is InChI=1S/C12H22N2O2S2/c1-4-14(18(3,15)16)9-6-8-13-11(2)12-7-5-10-17-12/h5,7,10-11,13H,4,6,8-9H2,1-3H3. The Morgan fingerprint density at radius 1 is 1.50 bits per heavy atom. The highest BCUT2D eigenvalue weighted by molar-refractivity contribution is 7.88. The molecule has 1 rings (SSSR count). The third-order valence-electron chi connectivity index (χ3n) is 2.83. The molecule has 0 amide bonds. The predicted octanol–water partition coefficient (Wildman–Crippen LogP) is 2.07. The molecule has 0 aliphatic carbocycles. The summed E-state index contributed by atoms with van der Waals surface area (Å²) in [6.45, 7) is 5.94. The molecule has 0 saturated heterocycles. The Balaban J connectivity index is 2.26. The first-order chi connectivity index (χ1) is 8.45. The molecule has 6 heteroatoms. The van der Waals surface area contributed by atoms with E-state index < -0.39 is 10.0 Å². The van der Waals surface area contributed by atoms with Crippen LogP contribution < -0.4 is 5.32 Å². The molecule has 0 aliphatic heterocycles. The van der Waals surface area contributed by atoms with Crippen molar-refractivity contribution in [3.63, 3.8) is 0 Å². The first kappa shape index (κ1) is 15.6. The zero-order chi connectivity index (χ0) is 13.6. The van der Waals surface area contributed by atoms with Crippen LogP contribution in [0.5, 0.6) is 0 Å². The van der Waals surface area contributed by atoms with E-state index in [1.165, 1.54) is 15.4 Å². The molecule has 1 aromatic heterocycles. The Hall–Kier alpha value is -0.430. The highest BCUT2D eigenvalue weighted by Crippen LogP contribution is 2.17. The van der Waals surface area contributed by atoms with Crippen molar-refractivity contribution >= 4 is 21.4 Å². The van der Waals surface area contributed by atoms with Crippen molar-refractivity contribution in [2.75, 3.05) is 25.9 Å². The second-order valence-corrected chi connectivity index (χ2v) is 7.26. The summed E-state index contributed by atoms with van der Waals surface area (Å²) < 4.78 is 24.3. The second-order valence-electron chi connectivity index (χ2n) is 4.30. The molecule has 1 aromatic rings. The fourth-order valence-corrected chi connectivity index (χ4v) is 3.46. The summed E-state index contributed by atoms with van der Waals surface area (Å²) in [5.41, 5.74) is 0. The highest BCUT2D eigenvalue weighted by Gasteiger charge is 2.13. The normalized spacial score (nSPS) is 14.0. The lowest BCUT2D eigenvalue weighted by Crippen LogP contribution is -2.32. The summed E-state index contributed by atoms with van der Waals surface area (Å²) in [6, 6.07) is 4.48. The van der Waals surface area contributed by atoms with Gasteiger partial charge in [0.2, 0.25) is 10.0 Å². The Morgan fingerprint density at radius 3 is 2.72 bits per heavy atom. The molecule has 1 atom stereocenters. The van der Waals surface area contributed by atoms with E-state index >= 15 is 0 Å². The molecule has 0 fully saturated rings. The quantitative estimate of drug-likeness (QED) is 0.746. The average Bonchev–Trinajstić information content (AvgIpc) is 2.80. The molecule has 104 valence electrons. The molecular formula is C12H22N2O2S2. The summed E-state index contributed by atoms with van der Waals surface area (Å²) in [5.74, 6) is 0. The van der Waals surface area contributed by atoms with Crippen molar-refractivity contribution in [3.05, 3.63) is 22.4 Å². The number of hydrogen-bond donors (Lipinski definition) is 1. The lowest BCUT2D eigenvalue weighted by atomic mass is 10.2. The van der Waals surface area contributed by atoms with Crippen molar-refractivity contribution in [1.82, 2.24) is 9.62 Å². The summed E-state index contributed by atoms with van der Waals surface area (Å²) in [6.07, 6.45) is 2.09. The zero-order valence-corrected chi connectivity index (χ0v) is 12.9. The molecule has 1 heterocycles. The maximum atomic E-state index is 11.4. The van der Waals surface area contributed by atoms with Crippen LogP contribution in [0, 0.1) is 0 Å². The van der Waals surface area contributed by atoms with Crippen molar-refractivity contribution in [3.8, 4) is 0 Å². The topological polar surface area (TPSA) is 49.4 Å². The van der Waals surface area contributed by atoms with Gasteiger partial charge in [-0.1, -0.05) is 13.0 Å². The molecule has 18 heavy (non-hydrogen) atoms. The van der Waals surface area contributed by atoms with E-state index in [1.807, 2.05) is 13.0 Å². The van der Waals surface area contributed by atoms with Crippen LogP contribution >= 0.6 is 11.3 Å². The number of rotatable bonds is 8. The van der Waals surface area contributed by atoms with Gasteiger partial charge in [-0.3, -0.25) is 0 Å². The van der Waals surface area contributed by atoms with Gasteiger partial charge in [-0.15, -0.1) is 11.3 Å². The zero-order valence-electron chi connectivity index (χ0n) is 11.2. The molecule has 1 unspecified atom stereocenters. The first-order valence-corrected chi connectivity index (χ1v) is 8.90. The SMILES string of the molecule is CCN(CCCNC(C)c1cccs1)S(C)(=O)=O. The van der Waals surface area contributed by atoms with E-state index in [1.54, 1.807) is 11.3 Å². The molecular weight excluding hydrogens is 268 g/mol. The van der Waals surface area contributed by atoms with Gasteiger partial charge in [-0.05, 0) is 31.3 Å². The molecule has 0 aliphatic rings. The number of hydrogen-bond acceptors (Lipinski definition) is 4. The summed E-state index contributed by atoms with van der Waals surface area (Å²) in [5, 5.41) is 5.47. The van der Waals surface area contributed by atoms with E-state index in [-0.39, 0.29) is 0 Å². The van der Waals surface area contributed by atoms with Gasteiger partial charge in [0, 0.05) is 24.0 Å². The van der Waals surface area contributed by atoms with Gasteiger partial charge in [0.15, 0.2) is 0 Å². The fourth-order valence-electron chi connectivity index (χ4n) is 1.77. The van der Waals surface area contributed by atoms with Gasteiger partial charge in [0.05, 0.1) is 6.26 Å². The maximum Gasteiger partial charge on any atom is 0.211 e. The van der Waals surface area contributed by atoms with Crippen LogP contribution in [0.2, 0.25) is 0 Å². The van der Waals surface area contributed by atoms with E-state index in [0.29, 0.717) is 19.1 Å². The van der Waals surface area contributed by atoms with E-state index in [4.69, 9.17) is 0 Å². The van der Waals surface area contributed by atoms with Crippen LogP contribution in [0.15, 0.2) is 17.5 Å². The van der Waals surface area contributed by atoms with Crippen LogP contribution in [-0.4, -0.2) is 38.6 Å². The minimum absolute atomic E-state index is 0.332. The van der Waals surface area contributed by atoms with Gasteiger partial charge in [0.25, 0.3) is 0 Å². The van der Waals surface area contributed by atoms with Gasteiger partial charge in [-0.2, -0.15) is 0 Å². The fraction of sp³-hybridized carbons (Fsp3) is 0.667. The Labute approximate surface area is 114 Å².